The number of aromatic nitrogens is 2. The maximum atomic E-state index is 13.2. The number of carbonyl (C=O) groups excluding carboxylic acids is 1. The number of aryl methyl sites for hydroxylation is 1. The summed E-state index contributed by atoms with van der Waals surface area (Å²) in [6.07, 6.45) is 3.31. The number of hydrogen-bond donors (Lipinski definition) is 1. The fourth-order valence-corrected chi connectivity index (χ4v) is 6.32. The fraction of sp³-hybridized carbons (Fsp3) is 0.385. The van der Waals surface area contributed by atoms with Gasteiger partial charge in [0.15, 0.2) is 0 Å². The lowest BCUT2D eigenvalue weighted by Gasteiger charge is -2.44. The van der Waals surface area contributed by atoms with E-state index in [1.165, 1.54) is 12.1 Å². The number of nitrogens with zero attached hydrogens (tertiary/aromatic N) is 3. The number of ether oxygens (including phenoxy) is 1. The zero-order valence-electron chi connectivity index (χ0n) is 20.4. The predicted octanol–water partition coefficient (Wildman–Crippen LogP) is 3.69. The number of piperidine rings is 1. The highest BCUT2D eigenvalue weighted by molar-refractivity contribution is 7.89. The number of para-hydroxylation sites is 1. The van der Waals surface area contributed by atoms with Gasteiger partial charge in [-0.1, -0.05) is 12.1 Å². The molecule has 0 saturated carbocycles. The number of nitrogens with one attached hydrogen (secondary N) is 1. The van der Waals surface area contributed by atoms with Crippen LogP contribution in [0.1, 0.15) is 49.5 Å². The van der Waals surface area contributed by atoms with Crippen LogP contribution in [0.15, 0.2) is 59.6 Å². The Kier molecular flexibility index (Phi) is 5.52. The van der Waals surface area contributed by atoms with E-state index in [1.54, 1.807) is 32.9 Å². The van der Waals surface area contributed by atoms with E-state index in [2.05, 4.69) is 4.72 Å². The van der Waals surface area contributed by atoms with Crippen molar-refractivity contribution in [2.75, 3.05) is 13.1 Å². The van der Waals surface area contributed by atoms with Crippen molar-refractivity contribution < 1.29 is 17.9 Å². The Balaban J connectivity index is 1.33. The molecule has 1 N–H and O–H groups in total. The SMILES string of the molecule is Cn1cc2c(n1)-c1ccccc1OC21CCN(C(=O)c2ccc(S(=O)(=O)NC(C)(C)C)cc2)CC1. The van der Waals surface area contributed by atoms with Crippen molar-refractivity contribution in [1.82, 2.24) is 19.4 Å². The maximum Gasteiger partial charge on any atom is 0.253 e. The van der Waals surface area contributed by atoms with Gasteiger partial charge in [0, 0.05) is 61.4 Å². The summed E-state index contributed by atoms with van der Waals surface area (Å²) in [5, 5.41) is 4.70. The molecule has 5 rings (SSSR count). The maximum absolute atomic E-state index is 13.2. The summed E-state index contributed by atoms with van der Waals surface area (Å²) in [4.78, 5) is 15.2. The Morgan fingerprint density at radius 2 is 1.71 bits per heavy atom. The first-order valence-electron chi connectivity index (χ1n) is 11.7. The number of carbonyl (C=O) groups is 1. The molecule has 2 aromatic carbocycles. The van der Waals surface area contributed by atoms with Gasteiger partial charge in [0.1, 0.15) is 17.0 Å². The highest BCUT2D eigenvalue weighted by Crippen LogP contribution is 2.48. The van der Waals surface area contributed by atoms with Crippen LogP contribution in [0.5, 0.6) is 5.75 Å². The molecule has 35 heavy (non-hydrogen) atoms. The Bertz CT molecular complexity index is 1380. The fourth-order valence-electron chi connectivity index (χ4n) is 4.90. The van der Waals surface area contributed by atoms with Gasteiger partial charge >= 0.3 is 0 Å². The first-order valence-corrected chi connectivity index (χ1v) is 13.2. The highest BCUT2D eigenvalue weighted by atomic mass is 32.2. The minimum Gasteiger partial charge on any atom is -0.482 e. The van der Waals surface area contributed by atoms with Gasteiger partial charge in [-0.25, -0.2) is 13.1 Å². The third-order valence-electron chi connectivity index (χ3n) is 6.48. The minimum absolute atomic E-state index is 0.116. The molecular weight excluding hydrogens is 464 g/mol. The summed E-state index contributed by atoms with van der Waals surface area (Å²) in [5.41, 5.74) is 2.34. The smallest absolute Gasteiger partial charge is 0.253 e. The van der Waals surface area contributed by atoms with Crippen LogP contribution in [-0.2, 0) is 22.7 Å². The lowest BCUT2D eigenvalue weighted by Crippen LogP contribution is -2.49. The summed E-state index contributed by atoms with van der Waals surface area (Å²) in [5.74, 6) is 0.703. The Labute approximate surface area is 206 Å². The second-order valence-electron chi connectivity index (χ2n) is 10.3. The number of fused-ring (bicyclic) bond motifs is 4. The molecule has 0 bridgehead atoms. The molecule has 3 heterocycles. The van der Waals surface area contributed by atoms with Crippen molar-refractivity contribution in [3.63, 3.8) is 0 Å². The second-order valence-corrected chi connectivity index (χ2v) is 12.0. The van der Waals surface area contributed by atoms with Crippen molar-refractivity contribution in [3.05, 3.63) is 65.9 Å². The third-order valence-corrected chi connectivity index (χ3v) is 8.25. The van der Waals surface area contributed by atoms with E-state index < -0.39 is 21.2 Å². The number of rotatable bonds is 3. The number of likely N-dealkylation sites (tertiary alicyclic amines) is 1. The molecule has 0 radical (unpaired) electrons. The van der Waals surface area contributed by atoms with Crippen LogP contribution < -0.4 is 9.46 Å². The first kappa shape index (κ1) is 23.6. The number of benzene rings is 2. The molecule has 8 nitrogen and oxygen atoms in total. The molecule has 0 unspecified atom stereocenters. The first-order chi connectivity index (χ1) is 16.5. The largest absolute Gasteiger partial charge is 0.482 e. The molecule has 0 aliphatic carbocycles. The normalized spacial score (nSPS) is 17.0. The molecule has 9 heteroatoms. The van der Waals surface area contributed by atoms with Crippen molar-refractivity contribution >= 4 is 15.9 Å². The lowest BCUT2D eigenvalue weighted by molar-refractivity contribution is -0.00167. The van der Waals surface area contributed by atoms with E-state index in [0.717, 1.165) is 22.6 Å². The standard InChI is InChI=1S/C26H30N4O4S/c1-25(2,3)28-35(32,33)19-11-9-18(10-12-19)24(31)30-15-13-26(14-16-30)21-17-29(4)27-23(21)20-7-5-6-8-22(20)34-26/h5-12,17,28H,13-16H2,1-4H3. The summed E-state index contributed by atoms with van der Waals surface area (Å²) in [6, 6.07) is 14.1. The number of hydrogen-bond acceptors (Lipinski definition) is 5. The number of sulfonamides is 1. The van der Waals surface area contributed by atoms with Gasteiger partial charge < -0.3 is 9.64 Å². The van der Waals surface area contributed by atoms with Gasteiger partial charge in [-0.15, -0.1) is 0 Å². The molecule has 1 fully saturated rings. The molecule has 3 aromatic rings. The Morgan fingerprint density at radius 3 is 2.37 bits per heavy atom. The van der Waals surface area contributed by atoms with Crippen molar-refractivity contribution in [2.45, 2.75) is 49.6 Å². The van der Waals surface area contributed by atoms with Crippen LogP contribution in [0.4, 0.5) is 0 Å². The van der Waals surface area contributed by atoms with Crippen LogP contribution in [0.3, 0.4) is 0 Å². The minimum atomic E-state index is -3.65. The average molecular weight is 495 g/mol. The van der Waals surface area contributed by atoms with E-state index >= 15 is 0 Å². The van der Waals surface area contributed by atoms with Gasteiger partial charge in [0.2, 0.25) is 10.0 Å². The van der Waals surface area contributed by atoms with E-state index in [-0.39, 0.29) is 10.8 Å². The lowest BCUT2D eigenvalue weighted by atomic mass is 9.81. The quantitative estimate of drug-likeness (QED) is 0.600. The average Bonchev–Trinajstić information content (AvgIpc) is 3.21. The Hall–Kier alpha value is -3.17. The summed E-state index contributed by atoms with van der Waals surface area (Å²) in [7, 11) is -1.74. The predicted molar refractivity (Wildman–Crippen MR) is 133 cm³/mol. The monoisotopic (exact) mass is 494 g/mol. The number of amides is 1. The molecule has 1 amide bonds. The molecule has 2 aliphatic heterocycles. The van der Waals surface area contributed by atoms with Crippen LogP contribution >= 0.6 is 0 Å². The highest BCUT2D eigenvalue weighted by Gasteiger charge is 2.45. The Morgan fingerprint density at radius 1 is 1.06 bits per heavy atom. The zero-order chi connectivity index (χ0) is 25.0. The van der Waals surface area contributed by atoms with Crippen molar-refractivity contribution in [3.8, 4) is 17.0 Å². The van der Waals surface area contributed by atoms with Crippen molar-refractivity contribution in [1.29, 1.82) is 0 Å². The van der Waals surface area contributed by atoms with Crippen LogP contribution in [0.25, 0.3) is 11.3 Å². The van der Waals surface area contributed by atoms with Gasteiger partial charge in [0.25, 0.3) is 5.91 Å². The summed E-state index contributed by atoms with van der Waals surface area (Å²) in [6.45, 7) is 6.42. The van der Waals surface area contributed by atoms with Gasteiger partial charge in [0.05, 0.1) is 4.90 Å². The van der Waals surface area contributed by atoms with Gasteiger partial charge in [-0.05, 0) is 57.2 Å². The topological polar surface area (TPSA) is 93.5 Å². The molecule has 1 saturated heterocycles. The molecule has 2 aliphatic rings. The van der Waals surface area contributed by atoms with Gasteiger partial charge in [-0.3, -0.25) is 9.48 Å². The molecule has 0 atom stereocenters. The van der Waals surface area contributed by atoms with E-state index in [4.69, 9.17) is 9.84 Å². The van der Waals surface area contributed by atoms with E-state index in [1.807, 2.05) is 47.1 Å². The zero-order valence-corrected chi connectivity index (χ0v) is 21.2. The third kappa shape index (κ3) is 4.34. The molecular formula is C26H30N4O4S. The summed E-state index contributed by atoms with van der Waals surface area (Å²) < 4.78 is 36.1. The molecule has 1 spiro atoms. The molecule has 184 valence electrons. The van der Waals surface area contributed by atoms with E-state index in [0.29, 0.717) is 31.5 Å². The van der Waals surface area contributed by atoms with Crippen LogP contribution in [0, 0.1) is 0 Å². The van der Waals surface area contributed by atoms with Gasteiger partial charge in [-0.2, -0.15) is 5.10 Å². The van der Waals surface area contributed by atoms with Crippen LogP contribution in [0.2, 0.25) is 0 Å². The van der Waals surface area contributed by atoms with Crippen LogP contribution in [-0.4, -0.2) is 47.6 Å². The van der Waals surface area contributed by atoms with Crippen molar-refractivity contribution in [2.24, 2.45) is 7.05 Å². The second kappa shape index (κ2) is 8.20. The summed E-state index contributed by atoms with van der Waals surface area (Å²) >= 11 is 0. The molecule has 1 aromatic heterocycles. The van der Waals surface area contributed by atoms with E-state index in [9.17, 15) is 13.2 Å².